The van der Waals surface area contributed by atoms with Crippen molar-refractivity contribution >= 4 is 27.5 Å². The minimum absolute atomic E-state index is 0.105. The highest BCUT2D eigenvalue weighted by atomic mass is 32.1. The number of amides is 1. The second kappa shape index (κ2) is 6.13. The van der Waals surface area contributed by atoms with Crippen molar-refractivity contribution in [2.24, 2.45) is 0 Å². The standard InChI is InChI=1S/C19H18N2OS/c22-19(14-8-2-1-3-9-14)21-13-7-6-11-16(21)18-20-15-10-4-5-12-17(15)23-18/h1-5,8-10,12,16H,6-7,11,13H2. The number of rotatable bonds is 2. The molecular formula is C19H18N2OS. The number of nitrogens with zero attached hydrogens (tertiary/aromatic N) is 2. The van der Waals surface area contributed by atoms with Gasteiger partial charge in [0.2, 0.25) is 0 Å². The summed E-state index contributed by atoms with van der Waals surface area (Å²) < 4.78 is 1.19. The molecule has 1 saturated heterocycles. The molecule has 23 heavy (non-hydrogen) atoms. The van der Waals surface area contributed by atoms with Crippen molar-refractivity contribution in [2.75, 3.05) is 6.54 Å². The molecule has 3 nitrogen and oxygen atoms in total. The summed E-state index contributed by atoms with van der Waals surface area (Å²) in [6, 6.07) is 17.9. The summed E-state index contributed by atoms with van der Waals surface area (Å²) in [5, 5.41) is 1.06. The zero-order valence-electron chi connectivity index (χ0n) is 12.8. The van der Waals surface area contributed by atoms with E-state index in [9.17, 15) is 4.79 Å². The summed E-state index contributed by atoms with van der Waals surface area (Å²) >= 11 is 1.72. The number of likely N-dealkylation sites (tertiary alicyclic amines) is 1. The van der Waals surface area contributed by atoms with Gasteiger partial charge in [0.25, 0.3) is 5.91 Å². The molecule has 0 spiro atoms. The van der Waals surface area contributed by atoms with Crippen LogP contribution in [0.15, 0.2) is 54.6 Å². The monoisotopic (exact) mass is 322 g/mol. The lowest BCUT2D eigenvalue weighted by atomic mass is 10.0. The first-order valence-corrected chi connectivity index (χ1v) is 8.86. The fourth-order valence-electron chi connectivity index (χ4n) is 3.21. The fraction of sp³-hybridized carbons (Fsp3) is 0.263. The highest BCUT2D eigenvalue weighted by Gasteiger charge is 2.30. The van der Waals surface area contributed by atoms with Crippen LogP contribution in [0.1, 0.15) is 40.7 Å². The molecule has 1 aliphatic rings. The van der Waals surface area contributed by atoms with Gasteiger partial charge in [0.1, 0.15) is 5.01 Å². The summed E-state index contributed by atoms with van der Waals surface area (Å²) in [5.74, 6) is 0.120. The quantitative estimate of drug-likeness (QED) is 0.687. The molecule has 1 aliphatic heterocycles. The molecule has 0 saturated carbocycles. The van der Waals surface area contributed by atoms with Crippen LogP contribution < -0.4 is 0 Å². The predicted molar refractivity (Wildman–Crippen MR) is 93.7 cm³/mol. The van der Waals surface area contributed by atoms with Gasteiger partial charge in [-0.2, -0.15) is 0 Å². The Hall–Kier alpha value is -2.20. The Labute approximate surface area is 139 Å². The number of para-hydroxylation sites is 1. The normalized spacial score (nSPS) is 18.3. The highest BCUT2D eigenvalue weighted by Crippen LogP contribution is 2.36. The molecule has 116 valence electrons. The van der Waals surface area contributed by atoms with E-state index in [-0.39, 0.29) is 11.9 Å². The van der Waals surface area contributed by atoms with E-state index in [1.165, 1.54) is 4.70 Å². The van der Waals surface area contributed by atoms with Gasteiger partial charge < -0.3 is 4.90 Å². The van der Waals surface area contributed by atoms with E-state index in [0.29, 0.717) is 0 Å². The highest BCUT2D eigenvalue weighted by molar-refractivity contribution is 7.18. The molecule has 4 rings (SSSR count). The number of carbonyl (C=O) groups is 1. The van der Waals surface area contributed by atoms with Gasteiger partial charge >= 0.3 is 0 Å². The second-order valence-corrected chi connectivity index (χ2v) is 6.96. The molecule has 0 radical (unpaired) electrons. The second-order valence-electron chi connectivity index (χ2n) is 5.90. The Morgan fingerprint density at radius 2 is 1.83 bits per heavy atom. The van der Waals surface area contributed by atoms with Crippen LogP contribution in [-0.2, 0) is 0 Å². The molecule has 0 bridgehead atoms. The Morgan fingerprint density at radius 1 is 1.04 bits per heavy atom. The number of fused-ring (bicyclic) bond motifs is 1. The van der Waals surface area contributed by atoms with Crippen LogP contribution in [0.25, 0.3) is 10.2 Å². The SMILES string of the molecule is O=C(c1ccccc1)N1CCCCC1c1nc2ccccc2s1. The Morgan fingerprint density at radius 3 is 2.65 bits per heavy atom. The predicted octanol–water partition coefficient (Wildman–Crippen LogP) is 4.66. The first-order chi connectivity index (χ1) is 11.3. The van der Waals surface area contributed by atoms with Gasteiger partial charge in [0.05, 0.1) is 16.3 Å². The van der Waals surface area contributed by atoms with Crippen molar-refractivity contribution in [1.82, 2.24) is 9.88 Å². The van der Waals surface area contributed by atoms with Gasteiger partial charge in [-0.05, 0) is 43.5 Å². The van der Waals surface area contributed by atoms with Crippen molar-refractivity contribution in [3.8, 4) is 0 Å². The maximum atomic E-state index is 12.9. The van der Waals surface area contributed by atoms with Gasteiger partial charge in [0, 0.05) is 12.1 Å². The smallest absolute Gasteiger partial charge is 0.254 e. The molecule has 1 unspecified atom stereocenters. The average Bonchev–Trinajstić information content (AvgIpc) is 3.06. The Kier molecular flexibility index (Phi) is 3.83. The van der Waals surface area contributed by atoms with Crippen LogP contribution in [0, 0.1) is 0 Å². The zero-order chi connectivity index (χ0) is 15.6. The number of benzene rings is 2. The lowest BCUT2D eigenvalue weighted by Gasteiger charge is -2.34. The number of aromatic nitrogens is 1. The topological polar surface area (TPSA) is 33.2 Å². The molecule has 1 fully saturated rings. The maximum absolute atomic E-state index is 12.9. The van der Waals surface area contributed by atoms with Crippen molar-refractivity contribution in [2.45, 2.75) is 25.3 Å². The lowest BCUT2D eigenvalue weighted by Crippen LogP contribution is -2.38. The van der Waals surface area contributed by atoms with E-state index in [0.717, 1.165) is 41.9 Å². The van der Waals surface area contributed by atoms with Crippen LogP contribution in [0.2, 0.25) is 0 Å². The fourth-order valence-corrected chi connectivity index (χ4v) is 4.33. The van der Waals surface area contributed by atoms with E-state index < -0.39 is 0 Å². The molecule has 0 aliphatic carbocycles. The van der Waals surface area contributed by atoms with Crippen molar-refractivity contribution in [1.29, 1.82) is 0 Å². The van der Waals surface area contributed by atoms with Crippen molar-refractivity contribution < 1.29 is 4.79 Å². The number of piperidine rings is 1. The van der Waals surface area contributed by atoms with Crippen LogP contribution in [0.3, 0.4) is 0 Å². The van der Waals surface area contributed by atoms with Gasteiger partial charge in [-0.25, -0.2) is 4.98 Å². The molecule has 2 heterocycles. The minimum Gasteiger partial charge on any atom is -0.329 e. The first-order valence-electron chi connectivity index (χ1n) is 8.04. The third kappa shape index (κ3) is 2.75. The molecule has 1 aromatic heterocycles. The van der Waals surface area contributed by atoms with E-state index in [2.05, 4.69) is 6.07 Å². The molecule has 3 aromatic rings. The van der Waals surface area contributed by atoms with Gasteiger partial charge in [-0.1, -0.05) is 30.3 Å². The average molecular weight is 322 g/mol. The molecule has 0 N–H and O–H groups in total. The largest absolute Gasteiger partial charge is 0.329 e. The third-order valence-corrected chi connectivity index (χ3v) is 5.52. The molecule has 2 aromatic carbocycles. The number of carbonyl (C=O) groups excluding carboxylic acids is 1. The first kappa shape index (κ1) is 14.4. The minimum atomic E-state index is 0.105. The lowest BCUT2D eigenvalue weighted by molar-refractivity contribution is 0.0611. The Balaban J connectivity index is 1.69. The van der Waals surface area contributed by atoms with Crippen LogP contribution in [-0.4, -0.2) is 22.3 Å². The van der Waals surface area contributed by atoms with Crippen LogP contribution >= 0.6 is 11.3 Å². The van der Waals surface area contributed by atoms with E-state index in [4.69, 9.17) is 4.98 Å². The summed E-state index contributed by atoms with van der Waals surface area (Å²) in [5.41, 5.74) is 1.80. The van der Waals surface area contributed by atoms with E-state index in [1.54, 1.807) is 11.3 Å². The molecule has 4 heteroatoms. The van der Waals surface area contributed by atoms with Crippen LogP contribution in [0.4, 0.5) is 0 Å². The van der Waals surface area contributed by atoms with Gasteiger partial charge in [-0.15, -0.1) is 11.3 Å². The van der Waals surface area contributed by atoms with Crippen LogP contribution in [0.5, 0.6) is 0 Å². The summed E-state index contributed by atoms with van der Waals surface area (Å²) in [6.45, 7) is 0.814. The maximum Gasteiger partial charge on any atom is 0.254 e. The van der Waals surface area contributed by atoms with E-state index in [1.807, 2.05) is 53.4 Å². The molecule has 1 atom stereocenters. The zero-order valence-corrected chi connectivity index (χ0v) is 13.6. The number of hydrogen-bond acceptors (Lipinski definition) is 3. The van der Waals surface area contributed by atoms with E-state index >= 15 is 0 Å². The molecule has 1 amide bonds. The van der Waals surface area contributed by atoms with Gasteiger partial charge in [-0.3, -0.25) is 4.79 Å². The summed E-state index contributed by atoms with van der Waals surface area (Å²) in [4.78, 5) is 19.7. The number of thiazole rings is 1. The summed E-state index contributed by atoms with van der Waals surface area (Å²) in [6.07, 6.45) is 3.22. The molecular weight excluding hydrogens is 304 g/mol. The third-order valence-electron chi connectivity index (χ3n) is 4.38. The Bertz CT molecular complexity index is 795. The van der Waals surface area contributed by atoms with Gasteiger partial charge in [0.15, 0.2) is 0 Å². The summed E-state index contributed by atoms with van der Waals surface area (Å²) in [7, 11) is 0. The van der Waals surface area contributed by atoms with Crippen molar-refractivity contribution in [3.05, 3.63) is 65.2 Å². The van der Waals surface area contributed by atoms with Crippen molar-refractivity contribution in [3.63, 3.8) is 0 Å². The number of hydrogen-bond donors (Lipinski definition) is 0.